The molecule has 3 heterocycles. The van der Waals surface area contributed by atoms with Crippen molar-refractivity contribution in [1.82, 2.24) is 39.6 Å². The number of aromatic nitrogens is 6. The number of tetrazole rings is 1. The third-order valence-corrected chi connectivity index (χ3v) is 9.98. The predicted molar refractivity (Wildman–Crippen MR) is 196 cm³/mol. The summed E-state index contributed by atoms with van der Waals surface area (Å²) in [5, 5.41) is 12.4. The number of amides is 1. The summed E-state index contributed by atoms with van der Waals surface area (Å²) in [4.78, 5) is 25.7. The van der Waals surface area contributed by atoms with Gasteiger partial charge in [-0.25, -0.2) is 9.67 Å². The second kappa shape index (κ2) is 16.7. The van der Waals surface area contributed by atoms with Crippen molar-refractivity contribution in [3.63, 3.8) is 0 Å². The lowest BCUT2D eigenvalue weighted by molar-refractivity contribution is 0.0779. The van der Waals surface area contributed by atoms with E-state index in [1.165, 1.54) is 11.0 Å². The van der Waals surface area contributed by atoms with Crippen LogP contribution in [-0.2, 0) is 11.3 Å². The van der Waals surface area contributed by atoms with Crippen molar-refractivity contribution in [3.05, 3.63) is 88.2 Å². The molecule has 6 rings (SSSR count). The van der Waals surface area contributed by atoms with Crippen LogP contribution in [-0.4, -0.2) is 112 Å². The molecule has 1 saturated heterocycles. The van der Waals surface area contributed by atoms with Crippen molar-refractivity contribution < 1.29 is 14.3 Å². The Kier molecular flexibility index (Phi) is 11.9. The van der Waals surface area contributed by atoms with Crippen molar-refractivity contribution in [2.24, 2.45) is 0 Å². The fourth-order valence-electron chi connectivity index (χ4n) is 6.59. The standard InChI is InChI=1S/C36H43Cl2N9O3/c1-4-50-21-20-46-33-9-6-5-8-32(33)40-36(46)45-16-7-15-44(18-19-45)17-14-27(26-10-12-30(37)31(38)22-26)24-43(2)35(48)29-23-28(11-13-34(29)49-3)47-25-39-41-42-47/h5-6,8-13,22-23,25,27H,4,7,14-21,24H2,1-3H3. The minimum absolute atomic E-state index is 0.00882. The molecule has 1 aliphatic heterocycles. The van der Waals surface area contributed by atoms with E-state index in [-0.39, 0.29) is 11.8 Å². The van der Waals surface area contributed by atoms with Gasteiger partial charge in [-0.1, -0.05) is 41.4 Å². The molecule has 14 heteroatoms. The number of anilines is 1. The van der Waals surface area contributed by atoms with Crippen molar-refractivity contribution >= 4 is 46.1 Å². The molecule has 1 fully saturated rings. The Bertz CT molecular complexity index is 1880. The van der Waals surface area contributed by atoms with Gasteiger partial charge in [0.2, 0.25) is 5.95 Å². The van der Waals surface area contributed by atoms with Gasteiger partial charge in [0.05, 0.1) is 46.0 Å². The molecule has 264 valence electrons. The van der Waals surface area contributed by atoms with Gasteiger partial charge in [-0.05, 0) is 91.3 Å². The van der Waals surface area contributed by atoms with Crippen LogP contribution in [0.3, 0.4) is 0 Å². The number of halogens is 2. The molecule has 0 saturated carbocycles. The van der Waals surface area contributed by atoms with E-state index >= 15 is 0 Å². The van der Waals surface area contributed by atoms with Gasteiger partial charge in [-0.15, -0.1) is 5.10 Å². The fourth-order valence-corrected chi connectivity index (χ4v) is 6.90. The first-order valence-corrected chi connectivity index (χ1v) is 17.7. The average molecular weight is 721 g/mol. The Hall–Kier alpha value is -4.23. The van der Waals surface area contributed by atoms with Gasteiger partial charge in [-0.3, -0.25) is 4.79 Å². The van der Waals surface area contributed by atoms with Crippen LogP contribution in [0.1, 0.15) is 41.6 Å². The minimum Gasteiger partial charge on any atom is -0.496 e. The Morgan fingerprint density at radius 3 is 2.64 bits per heavy atom. The van der Waals surface area contributed by atoms with Crippen LogP contribution in [0, 0.1) is 0 Å². The van der Waals surface area contributed by atoms with Crippen molar-refractivity contribution in [3.8, 4) is 11.4 Å². The number of hydrogen-bond donors (Lipinski definition) is 0. The highest BCUT2D eigenvalue weighted by Gasteiger charge is 2.25. The first kappa shape index (κ1) is 35.6. The largest absolute Gasteiger partial charge is 0.496 e. The fraction of sp³-hybridized carbons (Fsp3) is 0.417. The smallest absolute Gasteiger partial charge is 0.257 e. The highest BCUT2D eigenvalue weighted by atomic mass is 35.5. The van der Waals surface area contributed by atoms with E-state index in [1.807, 2.05) is 44.3 Å². The highest BCUT2D eigenvalue weighted by molar-refractivity contribution is 6.42. The zero-order chi connectivity index (χ0) is 35.0. The number of carbonyl (C=O) groups excluding carboxylic acids is 1. The maximum atomic E-state index is 13.9. The highest BCUT2D eigenvalue weighted by Crippen LogP contribution is 2.31. The monoisotopic (exact) mass is 719 g/mol. The van der Waals surface area contributed by atoms with Crippen LogP contribution < -0.4 is 9.64 Å². The van der Waals surface area contributed by atoms with Crippen LogP contribution >= 0.6 is 23.2 Å². The zero-order valence-electron chi connectivity index (χ0n) is 28.7. The molecule has 1 amide bonds. The van der Waals surface area contributed by atoms with E-state index in [1.54, 1.807) is 24.1 Å². The summed E-state index contributed by atoms with van der Waals surface area (Å²) in [5.74, 6) is 1.32. The Labute approximate surface area is 302 Å². The van der Waals surface area contributed by atoms with Crippen molar-refractivity contribution in [2.75, 3.05) is 71.5 Å². The van der Waals surface area contributed by atoms with Gasteiger partial charge in [-0.2, -0.15) is 0 Å². The first-order chi connectivity index (χ1) is 24.4. The molecule has 3 aromatic carbocycles. The number of benzene rings is 3. The van der Waals surface area contributed by atoms with Crippen LogP contribution in [0.5, 0.6) is 5.75 Å². The van der Waals surface area contributed by atoms with Gasteiger partial charge >= 0.3 is 0 Å². The number of carbonyl (C=O) groups is 1. The topological polar surface area (TPSA) is 107 Å². The third-order valence-electron chi connectivity index (χ3n) is 9.25. The molecular weight excluding hydrogens is 677 g/mol. The lowest BCUT2D eigenvalue weighted by Gasteiger charge is -2.28. The lowest BCUT2D eigenvalue weighted by atomic mass is 9.94. The van der Waals surface area contributed by atoms with Crippen LogP contribution in [0.25, 0.3) is 16.7 Å². The van der Waals surface area contributed by atoms with Gasteiger partial charge in [0, 0.05) is 52.3 Å². The third kappa shape index (κ3) is 8.21. The lowest BCUT2D eigenvalue weighted by Crippen LogP contribution is -2.35. The molecule has 1 atom stereocenters. The second-order valence-electron chi connectivity index (χ2n) is 12.4. The summed E-state index contributed by atoms with van der Waals surface area (Å²) in [6.45, 7) is 9.12. The molecule has 5 aromatic rings. The number of nitrogens with zero attached hydrogens (tertiary/aromatic N) is 9. The molecule has 1 unspecified atom stereocenters. The van der Waals surface area contributed by atoms with E-state index in [2.05, 4.69) is 48.1 Å². The maximum absolute atomic E-state index is 13.9. The van der Waals surface area contributed by atoms with E-state index in [4.69, 9.17) is 37.7 Å². The van der Waals surface area contributed by atoms with Crippen molar-refractivity contribution in [2.45, 2.75) is 32.2 Å². The number of likely N-dealkylation sites (N-methyl/N-ethyl adjacent to an activating group) is 1. The normalized spacial score (nSPS) is 14.5. The summed E-state index contributed by atoms with van der Waals surface area (Å²) in [7, 11) is 3.37. The second-order valence-corrected chi connectivity index (χ2v) is 13.2. The molecule has 0 spiro atoms. The minimum atomic E-state index is -0.167. The number of imidazole rings is 1. The molecule has 0 radical (unpaired) electrons. The van der Waals surface area contributed by atoms with Crippen LogP contribution in [0.4, 0.5) is 5.95 Å². The first-order valence-electron chi connectivity index (χ1n) is 17.0. The summed E-state index contributed by atoms with van der Waals surface area (Å²) < 4.78 is 15.1. The number of hydrogen-bond acceptors (Lipinski definition) is 9. The number of methoxy groups -OCH3 is 1. The van der Waals surface area contributed by atoms with Crippen molar-refractivity contribution in [1.29, 1.82) is 0 Å². The molecule has 0 N–H and O–H groups in total. The quantitative estimate of drug-likeness (QED) is 0.131. The van der Waals surface area contributed by atoms with Crippen LogP contribution in [0.15, 0.2) is 67.0 Å². The number of fused-ring (bicyclic) bond motifs is 1. The summed E-state index contributed by atoms with van der Waals surface area (Å²) >= 11 is 12.8. The predicted octanol–water partition coefficient (Wildman–Crippen LogP) is 5.82. The molecule has 1 aliphatic rings. The zero-order valence-corrected chi connectivity index (χ0v) is 30.2. The molecule has 0 aliphatic carbocycles. The number of ether oxygens (including phenoxy) is 2. The Morgan fingerprint density at radius 2 is 1.86 bits per heavy atom. The van der Waals surface area contributed by atoms with E-state index < -0.39 is 0 Å². The Balaban J connectivity index is 1.16. The Morgan fingerprint density at radius 1 is 1.00 bits per heavy atom. The number of para-hydroxylation sites is 2. The SMILES string of the molecule is CCOCCn1c(N2CCCN(CCC(CN(C)C(=O)c3cc(-n4cnnn4)ccc3OC)c3ccc(Cl)c(Cl)c3)CC2)nc2ccccc21. The summed E-state index contributed by atoms with van der Waals surface area (Å²) in [6, 6.07) is 19.4. The van der Waals surface area contributed by atoms with Gasteiger partial charge in [0.1, 0.15) is 12.1 Å². The average Bonchev–Trinajstić information content (AvgIpc) is 3.74. The van der Waals surface area contributed by atoms with Gasteiger partial charge < -0.3 is 28.7 Å². The van der Waals surface area contributed by atoms with Gasteiger partial charge in [0.25, 0.3) is 5.91 Å². The summed E-state index contributed by atoms with van der Waals surface area (Å²) in [5.41, 5.74) is 4.26. The molecule has 2 aromatic heterocycles. The van der Waals surface area contributed by atoms with Crippen LogP contribution in [0.2, 0.25) is 10.0 Å². The van der Waals surface area contributed by atoms with E-state index in [9.17, 15) is 4.79 Å². The number of rotatable bonds is 14. The summed E-state index contributed by atoms with van der Waals surface area (Å²) in [6.07, 6.45) is 3.33. The van der Waals surface area contributed by atoms with Gasteiger partial charge in [0.15, 0.2) is 0 Å². The molecule has 50 heavy (non-hydrogen) atoms. The molecular formula is C36H43Cl2N9O3. The van der Waals surface area contributed by atoms with E-state index in [0.717, 1.165) is 74.7 Å². The van der Waals surface area contributed by atoms with E-state index in [0.29, 0.717) is 46.8 Å². The maximum Gasteiger partial charge on any atom is 0.257 e. The molecule has 12 nitrogen and oxygen atoms in total. The molecule has 0 bridgehead atoms.